The molecular weight excluding hydrogens is 396 g/mol. The van der Waals surface area contributed by atoms with Gasteiger partial charge in [-0.1, -0.05) is 0 Å². The van der Waals surface area contributed by atoms with Crippen LogP contribution < -0.4 is 21.7 Å². The van der Waals surface area contributed by atoms with Gasteiger partial charge in [0.05, 0.1) is 13.0 Å². The number of nitrogens with one attached hydrogen (secondary N) is 3. The van der Waals surface area contributed by atoms with Gasteiger partial charge >= 0.3 is 17.9 Å². The Labute approximate surface area is 164 Å². The summed E-state index contributed by atoms with van der Waals surface area (Å²) in [5, 5.41) is 41.5. The number of rotatable bonds is 13. The predicted molar refractivity (Wildman–Crippen MR) is 93.3 cm³/mol. The Morgan fingerprint density at radius 2 is 1.38 bits per heavy atom. The Bertz CT molecular complexity index is 653. The first-order valence-electron chi connectivity index (χ1n) is 8.33. The van der Waals surface area contributed by atoms with Crippen molar-refractivity contribution < 1.29 is 49.2 Å². The molecule has 9 N–H and O–H groups in total. The molecule has 0 aromatic carbocycles. The molecule has 0 aromatic heterocycles. The third-order valence-corrected chi connectivity index (χ3v) is 3.56. The standard InChI is InChI=1S/C15H24N4O10/c1-6(12(25)18-8(15(28)29)2-3-10(21)22)17-14(27)9(4-11(23)24)19-13(26)7(16)5-20/h6-9,20H,2-5,16H2,1H3,(H,17,27)(H,18,25)(H,19,26)(H,21,22)(H,23,24)(H,28,29). The zero-order valence-corrected chi connectivity index (χ0v) is 15.5. The van der Waals surface area contributed by atoms with Crippen LogP contribution in [0, 0.1) is 0 Å². The van der Waals surface area contributed by atoms with Gasteiger partial charge < -0.3 is 42.1 Å². The van der Waals surface area contributed by atoms with Crippen LogP contribution in [0.1, 0.15) is 26.2 Å². The summed E-state index contributed by atoms with van der Waals surface area (Å²) in [4.78, 5) is 68.5. The molecule has 0 aromatic rings. The highest BCUT2D eigenvalue weighted by atomic mass is 16.4. The molecule has 3 amide bonds. The van der Waals surface area contributed by atoms with Crippen LogP contribution in [-0.4, -0.2) is 86.8 Å². The molecule has 4 atom stereocenters. The van der Waals surface area contributed by atoms with Gasteiger partial charge in [0.15, 0.2) is 0 Å². The van der Waals surface area contributed by atoms with Crippen LogP contribution >= 0.6 is 0 Å². The summed E-state index contributed by atoms with van der Waals surface area (Å²) < 4.78 is 0. The molecule has 4 unspecified atom stereocenters. The van der Waals surface area contributed by atoms with Crippen LogP contribution in [-0.2, 0) is 28.8 Å². The van der Waals surface area contributed by atoms with Crippen molar-refractivity contribution >= 4 is 35.6 Å². The Hall–Kier alpha value is -3.26. The Morgan fingerprint density at radius 3 is 1.83 bits per heavy atom. The van der Waals surface area contributed by atoms with E-state index in [-0.39, 0.29) is 0 Å². The van der Waals surface area contributed by atoms with E-state index in [1.165, 1.54) is 6.92 Å². The van der Waals surface area contributed by atoms with Crippen LogP contribution in [0.3, 0.4) is 0 Å². The first-order chi connectivity index (χ1) is 13.4. The molecule has 0 spiro atoms. The molecule has 0 saturated heterocycles. The van der Waals surface area contributed by atoms with Crippen molar-refractivity contribution in [3.63, 3.8) is 0 Å². The molecule has 0 radical (unpaired) electrons. The molecule has 29 heavy (non-hydrogen) atoms. The molecule has 0 rings (SSSR count). The maximum Gasteiger partial charge on any atom is 0.326 e. The number of aliphatic hydroxyl groups excluding tert-OH is 1. The minimum absolute atomic E-state index is 0.395. The summed E-state index contributed by atoms with van der Waals surface area (Å²) >= 11 is 0. The second kappa shape index (κ2) is 12.2. The van der Waals surface area contributed by atoms with Crippen LogP contribution in [0.15, 0.2) is 0 Å². The quantitative estimate of drug-likeness (QED) is 0.143. The molecule has 14 heteroatoms. The minimum Gasteiger partial charge on any atom is -0.481 e. The lowest BCUT2D eigenvalue weighted by molar-refractivity contribution is -0.144. The van der Waals surface area contributed by atoms with E-state index in [1.54, 1.807) is 0 Å². The van der Waals surface area contributed by atoms with E-state index in [2.05, 4.69) is 10.6 Å². The van der Waals surface area contributed by atoms with Crippen molar-refractivity contribution in [3.8, 4) is 0 Å². The normalized spacial score (nSPS) is 14.6. The van der Waals surface area contributed by atoms with Gasteiger partial charge in [0, 0.05) is 6.42 Å². The van der Waals surface area contributed by atoms with Crippen molar-refractivity contribution in [2.75, 3.05) is 6.61 Å². The fourth-order valence-corrected chi connectivity index (χ4v) is 1.95. The number of hydrogen-bond donors (Lipinski definition) is 8. The van der Waals surface area contributed by atoms with Gasteiger partial charge in [-0.05, 0) is 13.3 Å². The maximum atomic E-state index is 12.2. The van der Waals surface area contributed by atoms with Gasteiger partial charge in [-0.2, -0.15) is 0 Å². The number of carbonyl (C=O) groups is 6. The number of carboxylic acids is 3. The number of carboxylic acid groups (broad SMARTS) is 3. The second-order valence-corrected chi connectivity index (χ2v) is 6.01. The number of aliphatic hydroxyl groups is 1. The van der Waals surface area contributed by atoms with Crippen molar-refractivity contribution in [1.29, 1.82) is 0 Å². The molecule has 0 heterocycles. The van der Waals surface area contributed by atoms with E-state index in [0.717, 1.165) is 0 Å². The molecule has 0 bridgehead atoms. The molecule has 14 nitrogen and oxygen atoms in total. The summed E-state index contributed by atoms with van der Waals surface area (Å²) in [5.74, 6) is -7.22. The molecule has 0 aliphatic rings. The van der Waals surface area contributed by atoms with Gasteiger partial charge in [0.25, 0.3) is 0 Å². The fraction of sp³-hybridized carbons (Fsp3) is 0.600. The third kappa shape index (κ3) is 10.0. The highest BCUT2D eigenvalue weighted by Crippen LogP contribution is 2.00. The van der Waals surface area contributed by atoms with Crippen LogP contribution in [0.2, 0.25) is 0 Å². The number of aliphatic carboxylic acids is 3. The molecule has 0 aliphatic carbocycles. The zero-order chi connectivity index (χ0) is 22.7. The summed E-state index contributed by atoms with van der Waals surface area (Å²) in [6.07, 6.45) is -1.76. The zero-order valence-electron chi connectivity index (χ0n) is 15.5. The SMILES string of the molecule is CC(NC(=O)C(CC(=O)O)NC(=O)C(N)CO)C(=O)NC(CCC(=O)O)C(=O)O. The number of amides is 3. The topological polar surface area (TPSA) is 245 Å². The van der Waals surface area contributed by atoms with Crippen molar-refractivity contribution in [1.82, 2.24) is 16.0 Å². The monoisotopic (exact) mass is 420 g/mol. The minimum atomic E-state index is -1.62. The summed E-state index contributed by atoms with van der Waals surface area (Å²) in [7, 11) is 0. The summed E-state index contributed by atoms with van der Waals surface area (Å²) in [6.45, 7) is 0.418. The molecule has 0 saturated carbocycles. The Kier molecular flexibility index (Phi) is 10.9. The Balaban J connectivity index is 5.02. The average Bonchev–Trinajstić information content (AvgIpc) is 2.62. The number of carbonyl (C=O) groups excluding carboxylic acids is 3. The van der Waals surface area contributed by atoms with E-state index < -0.39 is 85.7 Å². The first-order valence-corrected chi connectivity index (χ1v) is 8.33. The predicted octanol–water partition coefficient (Wildman–Crippen LogP) is -3.80. The van der Waals surface area contributed by atoms with Gasteiger partial charge in [0.1, 0.15) is 24.2 Å². The maximum absolute atomic E-state index is 12.2. The first kappa shape index (κ1) is 25.7. The van der Waals surface area contributed by atoms with Crippen molar-refractivity contribution in [2.45, 2.75) is 50.4 Å². The van der Waals surface area contributed by atoms with Crippen LogP contribution in [0.25, 0.3) is 0 Å². The van der Waals surface area contributed by atoms with E-state index in [4.69, 9.17) is 26.2 Å². The van der Waals surface area contributed by atoms with Gasteiger partial charge in [-0.3, -0.25) is 24.0 Å². The van der Waals surface area contributed by atoms with E-state index in [1.807, 2.05) is 5.32 Å². The highest BCUT2D eigenvalue weighted by Gasteiger charge is 2.29. The lowest BCUT2D eigenvalue weighted by atomic mass is 10.1. The second-order valence-electron chi connectivity index (χ2n) is 6.01. The average molecular weight is 420 g/mol. The van der Waals surface area contributed by atoms with Gasteiger partial charge in [-0.25, -0.2) is 4.79 Å². The van der Waals surface area contributed by atoms with Crippen LogP contribution in [0.5, 0.6) is 0 Å². The largest absolute Gasteiger partial charge is 0.481 e. The third-order valence-electron chi connectivity index (χ3n) is 3.56. The van der Waals surface area contributed by atoms with E-state index in [0.29, 0.717) is 0 Å². The highest BCUT2D eigenvalue weighted by molar-refractivity contribution is 5.95. The summed E-state index contributed by atoms with van der Waals surface area (Å²) in [6, 6.07) is -5.87. The smallest absolute Gasteiger partial charge is 0.326 e. The van der Waals surface area contributed by atoms with Crippen molar-refractivity contribution in [2.24, 2.45) is 5.73 Å². The molecule has 0 aliphatic heterocycles. The summed E-state index contributed by atoms with van der Waals surface area (Å²) in [5.41, 5.74) is 5.28. The number of nitrogens with two attached hydrogens (primary N) is 1. The lowest BCUT2D eigenvalue weighted by Gasteiger charge is -2.22. The lowest BCUT2D eigenvalue weighted by Crippen LogP contribution is -2.57. The molecular formula is C15H24N4O10. The van der Waals surface area contributed by atoms with Gasteiger partial charge in [0.2, 0.25) is 17.7 Å². The number of hydrogen-bond acceptors (Lipinski definition) is 8. The van der Waals surface area contributed by atoms with Gasteiger partial charge in [-0.15, -0.1) is 0 Å². The van der Waals surface area contributed by atoms with E-state index in [9.17, 15) is 28.8 Å². The van der Waals surface area contributed by atoms with Crippen LogP contribution in [0.4, 0.5) is 0 Å². The van der Waals surface area contributed by atoms with E-state index >= 15 is 0 Å². The molecule has 0 fully saturated rings. The Morgan fingerprint density at radius 1 is 0.828 bits per heavy atom. The van der Waals surface area contributed by atoms with Crippen molar-refractivity contribution in [3.05, 3.63) is 0 Å². The molecule has 164 valence electrons. The fourth-order valence-electron chi connectivity index (χ4n) is 1.95.